The van der Waals surface area contributed by atoms with E-state index in [1.54, 1.807) is 6.08 Å². The maximum absolute atomic E-state index is 13.7. The molecule has 2 aromatic heterocycles. The van der Waals surface area contributed by atoms with Crippen LogP contribution in [0.25, 0.3) is 32.8 Å². The van der Waals surface area contributed by atoms with Crippen molar-refractivity contribution in [2.45, 2.75) is 46.4 Å². The van der Waals surface area contributed by atoms with E-state index in [0.717, 1.165) is 55.5 Å². The minimum absolute atomic E-state index is 0.275. The first-order valence-corrected chi connectivity index (χ1v) is 15.9. The summed E-state index contributed by atoms with van der Waals surface area (Å²) >= 11 is 0. The van der Waals surface area contributed by atoms with Crippen LogP contribution in [0.5, 0.6) is 5.75 Å². The van der Waals surface area contributed by atoms with E-state index in [9.17, 15) is 4.79 Å². The number of hydrogen-bond donors (Lipinski definition) is 0. The van der Waals surface area contributed by atoms with E-state index in [0.29, 0.717) is 58.1 Å². The number of ether oxygens (including phenoxy) is 4. The number of fused-ring (bicyclic) bond motifs is 2. The second-order valence-electron chi connectivity index (χ2n) is 10.9. The summed E-state index contributed by atoms with van der Waals surface area (Å²) in [7, 11) is 1.92. The van der Waals surface area contributed by atoms with Crippen LogP contribution in [0.15, 0.2) is 86.0 Å². The Balaban J connectivity index is 1.60. The van der Waals surface area contributed by atoms with E-state index < -0.39 is 0 Å². The lowest BCUT2D eigenvalue weighted by atomic mass is 9.98. The molecule has 0 saturated heterocycles. The van der Waals surface area contributed by atoms with Gasteiger partial charge in [-0.15, -0.1) is 13.2 Å². The van der Waals surface area contributed by atoms with Crippen molar-refractivity contribution in [3.63, 3.8) is 0 Å². The number of nitrogens with zero attached hydrogens (tertiary/aromatic N) is 3. The van der Waals surface area contributed by atoms with Crippen LogP contribution in [0.2, 0.25) is 0 Å². The van der Waals surface area contributed by atoms with E-state index in [1.807, 2.05) is 66.6 Å². The van der Waals surface area contributed by atoms with Crippen molar-refractivity contribution in [3.05, 3.63) is 109 Å². The zero-order valence-corrected chi connectivity index (χ0v) is 27.1. The molecule has 0 aliphatic rings. The van der Waals surface area contributed by atoms with Crippen molar-refractivity contribution < 1.29 is 23.7 Å². The summed E-state index contributed by atoms with van der Waals surface area (Å²) in [4.78, 5) is 13.7. The molecule has 0 aliphatic carbocycles. The van der Waals surface area contributed by atoms with Gasteiger partial charge >= 0.3 is 5.97 Å². The highest BCUT2D eigenvalue weighted by Gasteiger charge is 2.28. The summed E-state index contributed by atoms with van der Waals surface area (Å²) < 4.78 is 27.6. The van der Waals surface area contributed by atoms with E-state index in [4.69, 9.17) is 24.0 Å². The lowest BCUT2D eigenvalue weighted by Gasteiger charge is -2.13. The van der Waals surface area contributed by atoms with Gasteiger partial charge in [0.25, 0.3) is 0 Å². The molecule has 0 bridgehead atoms. The number of esters is 1. The fourth-order valence-electron chi connectivity index (χ4n) is 6.07. The Kier molecular flexibility index (Phi) is 11.1. The Labute approximate surface area is 270 Å². The lowest BCUT2D eigenvalue weighted by molar-refractivity contribution is 0.0513. The summed E-state index contributed by atoms with van der Waals surface area (Å²) in [6.07, 6.45) is 4.87. The zero-order chi connectivity index (χ0) is 32.5. The molecule has 2 heterocycles. The Morgan fingerprint density at radius 1 is 0.913 bits per heavy atom. The molecule has 0 aliphatic heterocycles. The number of carbonyl (C=O) groups excluding carboxylic acids is 1. The summed E-state index contributed by atoms with van der Waals surface area (Å²) in [5, 5.41) is 8.04. The molecule has 0 amide bonds. The molecule has 240 valence electrons. The van der Waals surface area contributed by atoms with Gasteiger partial charge in [-0.1, -0.05) is 66.7 Å². The van der Waals surface area contributed by atoms with E-state index in [1.165, 1.54) is 0 Å². The first kappa shape index (κ1) is 32.7. The third-order valence-corrected chi connectivity index (χ3v) is 7.97. The Morgan fingerprint density at radius 3 is 2.48 bits per heavy atom. The van der Waals surface area contributed by atoms with Crippen LogP contribution in [-0.4, -0.2) is 46.7 Å². The Bertz CT molecular complexity index is 1830. The Morgan fingerprint density at radius 2 is 1.70 bits per heavy atom. The average Bonchev–Trinajstić information content (AvgIpc) is 3.55. The molecule has 5 aromatic rings. The zero-order valence-electron chi connectivity index (χ0n) is 27.1. The fourth-order valence-corrected chi connectivity index (χ4v) is 6.07. The van der Waals surface area contributed by atoms with Crippen molar-refractivity contribution in [2.24, 2.45) is 7.05 Å². The molecular weight excluding hydrogens is 578 g/mol. The molecule has 0 N–H and O–H groups in total. The minimum Gasteiger partial charge on any atom is -0.493 e. The van der Waals surface area contributed by atoms with Crippen molar-refractivity contribution in [1.82, 2.24) is 14.3 Å². The van der Waals surface area contributed by atoms with Crippen LogP contribution in [0.3, 0.4) is 0 Å². The number of carbonyl (C=O) groups is 1. The molecule has 5 rings (SSSR count). The van der Waals surface area contributed by atoms with Gasteiger partial charge in [-0.25, -0.2) is 4.79 Å². The molecule has 0 saturated carbocycles. The number of hydrogen-bond acceptors (Lipinski definition) is 6. The smallest absolute Gasteiger partial charge is 0.355 e. The summed E-state index contributed by atoms with van der Waals surface area (Å²) in [6, 6.07) is 20.5. The maximum atomic E-state index is 13.7. The van der Waals surface area contributed by atoms with Gasteiger partial charge in [0.2, 0.25) is 0 Å². The number of aromatic nitrogens is 3. The van der Waals surface area contributed by atoms with Crippen LogP contribution in [0.1, 0.15) is 47.7 Å². The highest BCUT2D eigenvalue weighted by Crippen LogP contribution is 2.39. The largest absolute Gasteiger partial charge is 0.493 e. The number of para-hydroxylation sites is 1. The second-order valence-corrected chi connectivity index (χ2v) is 10.9. The van der Waals surface area contributed by atoms with Gasteiger partial charge in [-0.3, -0.25) is 4.68 Å². The van der Waals surface area contributed by atoms with Gasteiger partial charge in [-0.2, -0.15) is 5.10 Å². The predicted molar refractivity (Wildman–Crippen MR) is 183 cm³/mol. The van der Waals surface area contributed by atoms with Crippen LogP contribution in [0, 0.1) is 0 Å². The quantitative estimate of drug-likeness (QED) is 0.0599. The summed E-state index contributed by atoms with van der Waals surface area (Å²) in [5.41, 5.74) is 6.00. The molecule has 8 nitrogen and oxygen atoms in total. The molecule has 3 aromatic carbocycles. The molecule has 8 heteroatoms. The summed E-state index contributed by atoms with van der Waals surface area (Å²) in [6.45, 7) is 14.5. The van der Waals surface area contributed by atoms with E-state index in [-0.39, 0.29) is 12.6 Å². The lowest BCUT2D eigenvalue weighted by Crippen LogP contribution is -2.14. The second kappa shape index (κ2) is 15.6. The third kappa shape index (κ3) is 6.78. The van der Waals surface area contributed by atoms with Crippen LogP contribution >= 0.6 is 0 Å². The molecule has 46 heavy (non-hydrogen) atoms. The minimum atomic E-state index is -0.355. The van der Waals surface area contributed by atoms with Gasteiger partial charge in [0, 0.05) is 42.1 Å². The predicted octanol–water partition coefficient (Wildman–Crippen LogP) is 7.81. The molecule has 0 spiro atoms. The standard InChI is InChI=1S/C38H43N3O5/c1-6-22-41-36-29(18-13-19-31(36)35-32(25-43-8-3)39-40(5)33(35)26-44-23-7-2)30(37(41)38(42)45-9-4)20-14-24-46-34-21-12-16-27-15-10-11-17-28(27)34/h6-7,10-13,15-19,21H,1-2,8-9,14,20,22-26H2,3-5H3. The summed E-state index contributed by atoms with van der Waals surface area (Å²) in [5.74, 6) is 0.497. The maximum Gasteiger partial charge on any atom is 0.355 e. The van der Waals surface area contributed by atoms with Crippen molar-refractivity contribution in [2.75, 3.05) is 26.4 Å². The van der Waals surface area contributed by atoms with Crippen LogP contribution in [0.4, 0.5) is 0 Å². The molecular formula is C38H43N3O5. The SMILES string of the molecule is C=CCOCc1c(-c2cccc3c(CCCOc4cccc5ccccc45)c(C(=O)OCC)n(CC=C)c23)c(COCC)nn1C. The fraction of sp³-hybridized carbons (Fsp3) is 0.316. The van der Waals surface area contributed by atoms with Crippen molar-refractivity contribution >= 4 is 27.6 Å². The molecule has 0 unspecified atom stereocenters. The number of aryl methyl sites for hydroxylation is 2. The van der Waals surface area contributed by atoms with Crippen molar-refractivity contribution in [1.29, 1.82) is 0 Å². The average molecular weight is 622 g/mol. The van der Waals surface area contributed by atoms with E-state index >= 15 is 0 Å². The number of allylic oxidation sites excluding steroid dienone is 1. The first-order valence-electron chi connectivity index (χ1n) is 15.9. The van der Waals surface area contributed by atoms with Gasteiger partial charge in [-0.05, 0) is 43.7 Å². The third-order valence-electron chi connectivity index (χ3n) is 7.97. The van der Waals surface area contributed by atoms with Gasteiger partial charge in [0.1, 0.15) is 11.4 Å². The highest BCUT2D eigenvalue weighted by atomic mass is 16.5. The van der Waals surface area contributed by atoms with Gasteiger partial charge < -0.3 is 23.5 Å². The van der Waals surface area contributed by atoms with Crippen molar-refractivity contribution in [3.8, 4) is 16.9 Å². The van der Waals surface area contributed by atoms with E-state index in [2.05, 4.69) is 43.5 Å². The van der Waals surface area contributed by atoms with Crippen LogP contribution in [-0.2, 0) is 47.4 Å². The van der Waals surface area contributed by atoms with Crippen LogP contribution < -0.4 is 4.74 Å². The monoisotopic (exact) mass is 621 g/mol. The molecule has 0 radical (unpaired) electrons. The number of benzene rings is 3. The Hall–Kier alpha value is -4.66. The normalized spacial score (nSPS) is 11.3. The highest BCUT2D eigenvalue weighted by molar-refractivity contribution is 6.05. The first-order chi connectivity index (χ1) is 22.5. The topological polar surface area (TPSA) is 76.7 Å². The van der Waals surface area contributed by atoms with Gasteiger partial charge in [0.05, 0.1) is 49.9 Å². The molecule has 0 atom stereocenters. The van der Waals surface area contributed by atoms with Gasteiger partial charge in [0.15, 0.2) is 0 Å². The molecule has 0 fully saturated rings. The number of rotatable bonds is 17.